The molecule has 2 aromatic heterocycles. The van der Waals surface area contributed by atoms with E-state index in [1.165, 1.54) is 11.7 Å². The molecule has 0 N–H and O–H groups in total. The van der Waals surface area contributed by atoms with Gasteiger partial charge in [-0.2, -0.15) is 4.37 Å². The molecule has 1 saturated heterocycles. The van der Waals surface area contributed by atoms with Gasteiger partial charge in [0.15, 0.2) is 5.78 Å². The fourth-order valence-electron chi connectivity index (χ4n) is 3.17. The van der Waals surface area contributed by atoms with Gasteiger partial charge in [0.2, 0.25) is 5.82 Å². The van der Waals surface area contributed by atoms with Gasteiger partial charge in [-0.1, -0.05) is 0 Å². The summed E-state index contributed by atoms with van der Waals surface area (Å²) in [5.41, 5.74) is 2.93. The van der Waals surface area contributed by atoms with Gasteiger partial charge in [-0.15, -0.1) is 4.37 Å². The van der Waals surface area contributed by atoms with Crippen LogP contribution >= 0.6 is 11.7 Å². The van der Waals surface area contributed by atoms with Gasteiger partial charge in [0, 0.05) is 49.8 Å². The van der Waals surface area contributed by atoms with Crippen LogP contribution in [0.5, 0.6) is 5.88 Å². The van der Waals surface area contributed by atoms with Gasteiger partial charge in [-0.05, 0) is 48.9 Å². The Labute approximate surface area is 167 Å². The van der Waals surface area contributed by atoms with Crippen LogP contribution in [-0.4, -0.2) is 45.7 Å². The molecule has 1 aliphatic heterocycles. The predicted octanol–water partition coefficient (Wildman–Crippen LogP) is 3.04. The summed E-state index contributed by atoms with van der Waals surface area (Å²) >= 11 is 1.17. The number of hydrogen-bond donors (Lipinski definition) is 0. The number of ketones is 1. The molecule has 0 bridgehead atoms. The number of piperazine rings is 1. The lowest BCUT2D eigenvalue weighted by molar-refractivity contribution is 0.101. The number of nitrogens with zero attached hydrogens (tertiary/aromatic N) is 5. The van der Waals surface area contributed by atoms with E-state index in [4.69, 9.17) is 4.74 Å². The van der Waals surface area contributed by atoms with Crippen molar-refractivity contribution in [3.63, 3.8) is 0 Å². The number of ether oxygens (including phenoxy) is 1. The molecule has 8 heteroatoms. The molecule has 1 aliphatic rings. The van der Waals surface area contributed by atoms with Crippen molar-refractivity contribution in [3.8, 4) is 5.88 Å². The summed E-state index contributed by atoms with van der Waals surface area (Å²) in [6.07, 6.45) is 3.50. The molecule has 4 rings (SSSR count). The number of rotatable bonds is 6. The van der Waals surface area contributed by atoms with Crippen LogP contribution in [0.2, 0.25) is 0 Å². The number of anilines is 2. The Morgan fingerprint density at radius 3 is 2.36 bits per heavy atom. The molecule has 1 fully saturated rings. The number of carbonyl (C=O) groups is 1. The second kappa shape index (κ2) is 8.35. The van der Waals surface area contributed by atoms with Gasteiger partial charge < -0.3 is 14.5 Å². The lowest BCUT2D eigenvalue weighted by Crippen LogP contribution is -2.46. The van der Waals surface area contributed by atoms with E-state index >= 15 is 0 Å². The molecule has 1 aromatic carbocycles. The monoisotopic (exact) mass is 395 g/mol. The van der Waals surface area contributed by atoms with E-state index in [-0.39, 0.29) is 5.78 Å². The van der Waals surface area contributed by atoms with Crippen LogP contribution in [0.4, 0.5) is 11.5 Å². The topological polar surface area (TPSA) is 71.5 Å². The SMILES string of the molecule is CC(=O)c1ccc(N2CCN(c3nsnc3OCc3ccncc3)CC2)cc1. The normalized spacial score (nSPS) is 14.2. The molecule has 0 amide bonds. The minimum Gasteiger partial charge on any atom is -0.470 e. The van der Waals surface area contributed by atoms with Crippen molar-refractivity contribution in [1.29, 1.82) is 0 Å². The van der Waals surface area contributed by atoms with E-state index in [1.54, 1.807) is 19.3 Å². The Morgan fingerprint density at radius 1 is 1.00 bits per heavy atom. The van der Waals surface area contributed by atoms with Crippen molar-refractivity contribution in [3.05, 3.63) is 59.9 Å². The Kier molecular flexibility index (Phi) is 5.48. The number of aromatic nitrogens is 3. The van der Waals surface area contributed by atoms with Gasteiger partial charge >= 0.3 is 0 Å². The first kappa shape index (κ1) is 18.4. The molecule has 28 heavy (non-hydrogen) atoms. The van der Waals surface area contributed by atoms with Crippen LogP contribution in [0.25, 0.3) is 0 Å². The third-order valence-corrected chi connectivity index (χ3v) is 5.29. The van der Waals surface area contributed by atoms with E-state index in [0.29, 0.717) is 12.5 Å². The molecule has 3 aromatic rings. The molecule has 144 valence electrons. The molecule has 3 heterocycles. The first-order chi connectivity index (χ1) is 13.7. The zero-order valence-corrected chi connectivity index (χ0v) is 16.4. The molecule has 0 radical (unpaired) electrons. The minimum atomic E-state index is 0.0895. The Balaban J connectivity index is 1.36. The van der Waals surface area contributed by atoms with Crippen molar-refractivity contribution in [2.24, 2.45) is 0 Å². The van der Waals surface area contributed by atoms with Gasteiger partial charge in [0.05, 0.1) is 11.7 Å². The summed E-state index contributed by atoms with van der Waals surface area (Å²) in [4.78, 5) is 20.0. The van der Waals surface area contributed by atoms with Crippen LogP contribution in [0.3, 0.4) is 0 Å². The number of pyridine rings is 1. The average molecular weight is 395 g/mol. The standard InChI is InChI=1S/C20H21N5O2S/c1-15(26)17-2-4-18(5-3-17)24-10-12-25(13-11-24)19-20(23-28-22-19)27-14-16-6-8-21-9-7-16/h2-9H,10-14H2,1H3. The summed E-state index contributed by atoms with van der Waals surface area (Å²) in [5, 5.41) is 0. The lowest BCUT2D eigenvalue weighted by atomic mass is 10.1. The Bertz CT molecular complexity index is 921. The minimum absolute atomic E-state index is 0.0895. The summed E-state index contributed by atoms with van der Waals surface area (Å²) < 4.78 is 14.6. The summed E-state index contributed by atoms with van der Waals surface area (Å²) in [6.45, 7) is 5.46. The number of benzene rings is 1. The molecular weight excluding hydrogens is 374 g/mol. The molecule has 0 spiro atoms. The van der Waals surface area contributed by atoms with E-state index in [2.05, 4.69) is 23.5 Å². The third kappa shape index (κ3) is 4.12. The van der Waals surface area contributed by atoms with E-state index in [0.717, 1.165) is 48.8 Å². The van der Waals surface area contributed by atoms with Crippen LogP contribution in [0.1, 0.15) is 22.8 Å². The maximum Gasteiger partial charge on any atom is 0.271 e. The third-order valence-electron chi connectivity index (χ3n) is 4.79. The number of Topliss-reactive ketones (excluding diaryl/α,β-unsaturated/α-hetero) is 1. The highest BCUT2D eigenvalue weighted by Crippen LogP contribution is 2.28. The van der Waals surface area contributed by atoms with Crippen molar-refractivity contribution < 1.29 is 9.53 Å². The first-order valence-corrected chi connectivity index (χ1v) is 9.89. The molecule has 0 aliphatic carbocycles. The molecule has 7 nitrogen and oxygen atoms in total. The molecular formula is C20H21N5O2S. The highest BCUT2D eigenvalue weighted by molar-refractivity contribution is 6.99. The Morgan fingerprint density at radius 2 is 1.68 bits per heavy atom. The molecule has 0 atom stereocenters. The van der Waals surface area contributed by atoms with E-state index in [9.17, 15) is 4.79 Å². The second-order valence-corrected chi connectivity index (χ2v) is 7.14. The maximum absolute atomic E-state index is 11.4. The summed E-state index contributed by atoms with van der Waals surface area (Å²) in [7, 11) is 0. The summed E-state index contributed by atoms with van der Waals surface area (Å²) in [6, 6.07) is 11.7. The Hall–Kier alpha value is -3.00. The summed E-state index contributed by atoms with van der Waals surface area (Å²) in [5.74, 6) is 1.48. The number of carbonyl (C=O) groups excluding carboxylic acids is 1. The van der Waals surface area contributed by atoms with E-state index in [1.807, 2.05) is 36.4 Å². The largest absolute Gasteiger partial charge is 0.470 e. The van der Waals surface area contributed by atoms with Gasteiger partial charge in [0.1, 0.15) is 6.61 Å². The number of hydrogen-bond acceptors (Lipinski definition) is 8. The quantitative estimate of drug-likeness (QED) is 0.594. The van der Waals surface area contributed by atoms with Gasteiger partial charge in [-0.3, -0.25) is 9.78 Å². The van der Waals surface area contributed by atoms with Crippen LogP contribution in [-0.2, 0) is 6.61 Å². The molecule has 0 saturated carbocycles. The van der Waals surface area contributed by atoms with Gasteiger partial charge in [0.25, 0.3) is 5.88 Å². The highest BCUT2D eigenvalue weighted by atomic mass is 32.1. The van der Waals surface area contributed by atoms with E-state index < -0.39 is 0 Å². The zero-order valence-electron chi connectivity index (χ0n) is 15.6. The van der Waals surface area contributed by atoms with Gasteiger partial charge in [-0.25, -0.2) is 0 Å². The zero-order chi connectivity index (χ0) is 19.3. The van der Waals surface area contributed by atoms with Crippen LogP contribution in [0.15, 0.2) is 48.8 Å². The first-order valence-electron chi connectivity index (χ1n) is 9.16. The van der Waals surface area contributed by atoms with Crippen molar-refractivity contribution in [1.82, 2.24) is 13.7 Å². The smallest absolute Gasteiger partial charge is 0.271 e. The fourth-order valence-corrected chi connectivity index (χ4v) is 3.69. The van der Waals surface area contributed by atoms with Crippen LogP contribution < -0.4 is 14.5 Å². The fraction of sp³-hybridized carbons (Fsp3) is 0.300. The van der Waals surface area contributed by atoms with Crippen molar-refractivity contribution in [2.45, 2.75) is 13.5 Å². The lowest BCUT2D eigenvalue weighted by Gasteiger charge is -2.36. The average Bonchev–Trinajstić information content (AvgIpc) is 3.22. The van der Waals surface area contributed by atoms with Crippen molar-refractivity contribution >= 4 is 29.0 Å². The van der Waals surface area contributed by atoms with Crippen molar-refractivity contribution in [2.75, 3.05) is 36.0 Å². The molecule has 0 unspecified atom stereocenters. The second-order valence-electron chi connectivity index (χ2n) is 6.61. The maximum atomic E-state index is 11.4. The predicted molar refractivity (Wildman–Crippen MR) is 109 cm³/mol. The van der Waals surface area contributed by atoms with Crippen LogP contribution in [0, 0.1) is 0 Å². The highest BCUT2D eigenvalue weighted by Gasteiger charge is 2.23.